The van der Waals surface area contributed by atoms with Crippen molar-refractivity contribution in [1.82, 2.24) is 0 Å². The van der Waals surface area contributed by atoms with Gasteiger partial charge in [0, 0.05) is 35.3 Å². The number of carbonyl (C=O) groups excluding carboxylic acids is 2. The first kappa shape index (κ1) is 18.6. The third kappa shape index (κ3) is 4.31. The molecule has 1 atom stereocenters. The molecule has 0 fully saturated rings. The van der Waals surface area contributed by atoms with Gasteiger partial charge in [0.2, 0.25) is 11.8 Å². The van der Waals surface area contributed by atoms with E-state index in [0.717, 1.165) is 11.3 Å². The minimum absolute atomic E-state index is 0.00133. The summed E-state index contributed by atoms with van der Waals surface area (Å²) in [7, 11) is 0. The molecule has 0 aromatic heterocycles. The van der Waals surface area contributed by atoms with Gasteiger partial charge in [-0.3, -0.25) is 19.7 Å². The minimum atomic E-state index is -0.446. The molecule has 1 unspecified atom stereocenters. The van der Waals surface area contributed by atoms with Crippen molar-refractivity contribution in [3.63, 3.8) is 0 Å². The lowest BCUT2D eigenvalue weighted by atomic mass is 9.89. The van der Waals surface area contributed by atoms with E-state index in [1.54, 1.807) is 12.1 Å². The summed E-state index contributed by atoms with van der Waals surface area (Å²) in [6.45, 7) is 1.84. The lowest BCUT2D eigenvalue weighted by molar-refractivity contribution is -0.385. The molecule has 2 N–H and O–H groups in total. The van der Waals surface area contributed by atoms with Crippen molar-refractivity contribution in [3.05, 3.63) is 63.7 Å². The Kier molecular flexibility index (Phi) is 5.49. The summed E-state index contributed by atoms with van der Waals surface area (Å²) >= 11 is 0. The first-order valence-electron chi connectivity index (χ1n) is 8.94. The number of hydrogen-bond acceptors (Lipinski definition) is 4. The average Bonchev–Trinajstić information content (AvgIpc) is 2.66. The van der Waals surface area contributed by atoms with Crippen molar-refractivity contribution >= 4 is 28.9 Å². The third-order valence-electron chi connectivity index (χ3n) is 4.78. The van der Waals surface area contributed by atoms with Crippen molar-refractivity contribution in [1.29, 1.82) is 0 Å². The molecule has 3 rings (SSSR count). The van der Waals surface area contributed by atoms with Gasteiger partial charge in [0.25, 0.3) is 5.69 Å². The van der Waals surface area contributed by atoms with Crippen LogP contribution in [0.25, 0.3) is 0 Å². The van der Waals surface area contributed by atoms with E-state index in [1.807, 2.05) is 31.2 Å². The highest BCUT2D eigenvalue weighted by Gasteiger charge is 2.26. The number of para-hydroxylation sites is 1. The van der Waals surface area contributed by atoms with Crippen molar-refractivity contribution in [2.75, 3.05) is 10.6 Å². The quantitative estimate of drug-likeness (QED) is 0.600. The second kappa shape index (κ2) is 7.99. The monoisotopic (exact) mass is 367 g/mol. The zero-order valence-corrected chi connectivity index (χ0v) is 15.0. The zero-order chi connectivity index (χ0) is 19.4. The molecule has 0 aliphatic carbocycles. The largest absolute Gasteiger partial charge is 0.326 e. The number of hydrogen-bond donors (Lipinski definition) is 2. The maximum Gasteiger partial charge on any atom is 0.274 e. The molecule has 1 aliphatic rings. The molecule has 27 heavy (non-hydrogen) atoms. The Morgan fingerprint density at radius 2 is 2.07 bits per heavy atom. The van der Waals surface area contributed by atoms with Crippen LogP contribution in [-0.4, -0.2) is 16.7 Å². The van der Waals surface area contributed by atoms with Gasteiger partial charge >= 0.3 is 0 Å². The summed E-state index contributed by atoms with van der Waals surface area (Å²) in [4.78, 5) is 35.1. The van der Waals surface area contributed by atoms with Gasteiger partial charge in [-0.2, -0.15) is 0 Å². The number of nitrogens with one attached hydrogen (secondary N) is 2. The Morgan fingerprint density at radius 3 is 2.81 bits per heavy atom. The number of anilines is 2. The second-order valence-electron chi connectivity index (χ2n) is 6.59. The van der Waals surface area contributed by atoms with Gasteiger partial charge in [-0.25, -0.2) is 0 Å². The fraction of sp³-hybridized carbons (Fsp3) is 0.300. The van der Waals surface area contributed by atoms with Crippen molar-refractivity contribution < 1.29 is 14.5 Å². The number of benzene rings is 2. The molecule has 7 nitrogen and oxygen atoms in total. The molecule has 0 bridgehead atoms. The van der Waals surface area contributed by atoms with Crippen LogP contribution in [0.4, 0.5) is 17.1 Å². The molecular weight excluding hydrogens is 346 g/mol. The molecule has 0 saturated heterocycles. The van der Waals surface area contributed by atoms with Gasteiger partial charge in [0.05, 0.1) is 4.92 Å². The van der Waals surface area contributed by atoms with Crippen LogP contribution in [0.3, 0.4) is 0 Å². The molecule has 2 amide bonds. The maximum absolute atomic E-state index is 12.2. The van der Waals surface area contributed by atoms with Gasteiger partial charge in [-0.15, -0.1) is 0 Å². The van der Waals surface area contributed by atoms with E-state index >= 15 is 0 Å². The molecule has 0 spiro atoms. The topological polar surface area (TPSA) is 101 Å². The Bertz CT molecular complexity index is 895. The second-order valence-corrected chi connectivity index (χ2v) is 6.59. The van der Waals surface area contributed by atoms with E-state index in [-0.39, 0.29) is 29.8 Å². The summed E-state index contributed by atoms with van der Waals surface area (Å²) in [5.74, 6) is -0.605. The maximum atomic E-state index is 12.2. The molecule has 0 saturated carbocycles. The Hall–Kier alpha value is -3.22. The molecular formula is C20H21N3O4. The van der Waals surface area contributed by atoms with Gasteiger partial charge in [0.15, 0.2) is 0 Å². The normalized spacial score (nSPS) is 15.6. The van der Waals surface area contributed by atoms with E-state index in [9.17, 15) is 19.7 Å². The third-order valence-corrected chi connectivity index (χ3v) is 4.78. The van der Waals surface area contributed by atoms with Crippen LogP contribution in [0.1, 0.15) is 30.9 Å². The van der Waals surface area contributed by atoms with Crippen LogP contribution < -0.4 is 10.6 Å². The Labute approximate surface area is 156 Å². The van der Waals surface area contributed by atoms with E-state index in [1.165, 1.54) is 6.07 Å². The fourth-order valence-corrected chi connectivity index (χ4v) is 3.29. The lowest BCUT2D eigenvalue weighted by Crippen LogP contribution is -2.30. The molecule has 1 heterocycles. The van der Waals surface area contributed by atoms with Gasteiger partial charge in [-0.05, 0) is 37.0 Å². The number of nitro benzene ring substituents is 1. The highest BCUT2D eigenvalue weighted by molar-refractivity contribution is 5.96. The highest BCUT2D eigenvalue weighted by Crippen LogP contribution is 2.28. The smallest absolute Gasteiger partial charge is 0.274 e. The number of rotatable bonds is 6. The number of fused-ring (bicyclic) bond motifs is 1. The van der Waals surface area contributed by atoms with Crippen LogP contribution >= 0.6 is 0 Å². The van der Waals surface area contributed by atoms with Crippen molar-refractivity contribution in [3.8, 4) is 0 Å². The molecule has 140 valence electrons. The number of nitrogens with zero attached hydrogens (tertiary/aromatic N) is 1. The summed E-state index contributed by atoms with van der Waals surface area (Å²) in [5.41, 5.74) is 2.90. The summed E-state index contributed by atoms with van der Waals surface area (Å²) < 4.78 is 0. The van der Waals surface area contributed by atoms with Crippen LogP contribution in [-0.2, 0) is 22.4 Å². The average molecular weight is 367 g/mol. The molecule has 0 radical (unpaired) electrons. The molecule has 7 heteroatoms. The molecule has 2 aromatic rings. The van der Waals surface area contributed by atoms with E-state index in [0.29, 0.717) is 30.5 Å². The fourth-order valence-electron chi connectivity index (χ4n) is 3.29. The summed E-state index contributed by atoms with van der Waals surface area (Å²) in [6.07, 6.45) is 1.74. The predicted molar refractivity (Wildman–Crippen MR) is 103 cm³/mol. The standard InChI is InChI=1S/C20H21N3O4/c1-2-13-7-9-16(12-18(13)23(26)27)21-19(24)10-8-15-11-14-5-3-4-6-17(14)22-20(15)25/h3-7,9,12,15H,2,8,10-11H2,1H3,(H,21,24)(H,22,25). The van der Waals surface area contributed by atoms with Crippen LogP contribution in [0.2, 0.25) is 0 Å². The van der Waals surface area contributed by atoms with Crippen molar-refractivity contribution in [2.45, 2.75) is 32.6 Å². The highest BCUT2D eigenvalue weighted by atomic mass is 16.6. The number of amides is 2. The zero-order valence-electron chi connectivity index (χ0n) is 15.0. The minimum Gasteiger partial charge on any atom is -0.326 e. The van der Waals surface area contributed by atoms with Crippen LogP contribution in [0.5, 0.6) is 0 Å². The van der Waals surface area contributed by atoms with Crippen LogP contribution in [0.15, 0.2) is 42.5 Å². The van der Waals surface area contributed by atoms with E-state index in [2.05, 4.69) is 10.6 Å². The van der Waals surface area contributed by atoms with Gasteiger partial charge in [0.1, 0.15) is 0 Å². The van der Waals surface area contributed by atoms with Gasteiger partial charge in [-0.1, -0.05) is 31.2 Å². The van der Waals surface area contributed by atoms with Crippen molar-refractivity contribution in [2.24, 2.45) is 5.92 Å². The number of aryl methyl sites for hydroxylation is 1. The lowest BCUT2D eigenvalue weighted by Gasteiger charge is -2.24. The SMILES string of the molecule is CCc1ccc(NC(=O)CCC2Cc3ccccc3NC2=O)cc1[N+](=O)[O-]. The van der Waals surface area contributed by atoms with E-state index < -0.39 is 4.92 Å². The Morgan fingerprint density at radius 1 is 1.30 bits per heavy atom. The summed E-state index contributed by atoms with van der Waals surface area (Å²) in [6, 6.07) is 12.3. The predicted octanol–water partition coefficient (Wildman–Crippen LogP) is 3.69. The molecule has 2 aromatic carbocycles. The first-order chi connectivity index (χ1) is 13.0. The van der Waals surface area contributed by atoms with E-state index in [4.69, 9.17) is 0 Å². The number of nitro groups is 1. The van der Waals surface area contributed by atoms with Crippen LogP contribution in [0, 0.1) is 16.0 Å². The Balaban J connectivity index is 1.60. The number of carbonyl (C=O) groups is 2. The van der Waals surface area contributed by atoms with Gasteiger partial charge < -0.3 is 10.6 Å². The first-order valence-corrected chi connectivity index (χ1v) is 8.94. The summed E-state index contributed by atoms with van der Waals surface area (Å²) in [5, 5.41) is 16.7. The molecule has 1 aliphatic heterocycles.